The highest BCUT2D eigenvalue weighted by Crippen LogP contribution is 2.08. The Bertz CT molecular complexity index is 386. The molecule has 0 saturated carbocycles. The summed E-state index contributed by atoms with van der Waals surface area (Å²) in [7, 11) is -3.06. The highest BCUT2D eigenvalue weighted by molar-refractivity contribution is 7.91. The summed E-state index contributed by atoms with van der Waals surface area (Å²) in [5.74, 6) is -0.0960. The summed E-state index contributed by atoms with van der Waals surface area (Å²) in [6.45, 7) is 7.12. The van der Waals surface area contributed by atoms with Crippen LogP contribution in [0.5, 0.6) is 0 Å². The van der Waals surface area contributed by atoms with Crippen LogP contribution >= 0.6 is 0 Å². The number of aliphatic hydroxyl groups is 1. The lowest BCUT2D eigenvalue weighted by Gasteiger charge is -2.21. The lowest BCUT2D eigenvalue weighted by molar-refractivity contribution is 0.0512. The van der Waals surface area contributed by atoms with Crippen LogP contribution in [0.25, 0.3) is 0 Å². The van der Waals surface area contributed by atoms with Gasteiger partial charge in [-0.1, -0.05) is 6.92 Å². The van der Waals surface area contributed by atoms with E-state index in [0.717, 1.165) is 0 Å². The molecular weight excluding hydrogens is 282 g/mol. The number of amides is 1. The van der Waals surface area contributed by atoms with Gasteiger partial charge >= 0.3 is 6.09 Å². The van der Waals surface area contributed by atoms with E-state index < -0.39 is 21.5 Å². The Morgan fingerprint density at radius 3 is 2.35 bits per heavy atom. The van der Waals surface area contributed by atoms with E-state index in [4.69, 9.17) is 4.74 Å². The molecule has 0 aliphatic carbocycles. The van der Waals surface area contributed by atoms with E-state index in [1.54, 1.807) is 20.8 Å². The predicted octanol–water partition coefficient (Wildman–Crippen LogP) is 1.33. The molecule has 7 heteroatoms. The number of hydrogen-bond donors (Lipinski definition) is 2. The molecule has 0 radical (unpaired) electrons. The Morgan fingerprint density at radius 2 is 1.90 bits per heavy atom. The Kier molecular flexibility index (Phi) is 8.12. The van der Waals surface area contributed by atoms with Gasteiger partial charge in [-0.2, -0.15) is 0 Å². The first-order chi connectivity index (χ1) is 9.09. The van der Waals surface area contributed by atoms with Crippen molar-refractivity contribution in [1.82, 2.24) is 5.32 Å². The number of aliphatic hydroxyl groups excluding tert-OH is 1. The van der Waals surface area contributed by atoms with Crippen LogP contribution in [0.2, 0.25) is 0 Å². The molecule has 1 amide bonds. The zero-order chi connectivity index (χ0) is 15.8. The van der Waals surface area contributed by atoms with Gasteiger partial charge in [0.1, 0.15) is 15.4 Å². The minimum atomic E-state index is -3.06. The van der Waals surface area contributed by atoms with Gasteiger partial charge in [-0.05, 0) is 33.6 Å². The van der Waals surface area contributed by atoms with Crippen LogP contribution in [0.1, 0.15) is 40.5 Å². The molecular formula is C13H27NO5S. The quantitative estimate of drug-likeness (QED) is 0.705. The molecule has 0 fully saturated rings. The van der Waals surface area contributed by atoms with Crippen molar-refractivity contribution < 1.29 is 23.1 Å². The van der Waals surface area contributed by atoms with Crippen molar-refractivity contribution >= 4 is 15.9 Å². The molecule has 120 valence electrons. The van der Waals surface area contributed by atoms with Gasteiger partial charge < -0.3 is 15.2 Å². The number of carbonyl (C=O) groups is 1. The van der Waals surface area contributed by atoms with Gasteiger partial charge in [-0.3, -0.25) is 0 Å². The van der Waals surface area contributed by atoms with Gasteiger partial charge in [-0.25, -0.2) is 13.2 Å². The van der Waals surface area contributed by atoms with E-state index in [-0.39, 0.29) is 30.6 Å². The fraction of sp³-hybridized carbons (Fsp3) is 0.923. The lowest BCUT2D eigenvalue weighted by atomic mass is 10.1. The average Bonchev–Trinajstić information content (AvgIpc) is 2.26. The summed E-state index contributed by atoms with van der Waals surface area (Å²) in [5, 5.41) is 11.8. The third kappa shape index (κ3) is 10.0. The highest BCUT2D eigenvalue weighted by atomic mass is 32.2. The maximum Gasteiger partial charge on any atom is 0.407 e. The SMILES string of the molecule is CCCS(=O)(=O)CCC(CO)CNC(=O)OC(C)(C)C. The zero-order valence-corrected chi connectivity index (χ0v) is 13.6. The van der Waals surface area contributed by atoms with Gasteiger partial charge in [0.25, 0.3) is 0 Å². The fourth-order valence-corrected chi connectivity index (χ4v) is 3.08. The first kappa shape index (κ1) is 19.2. The number of carbonyl (C=O) groups excluding carboxylic acids is 1. The number of hydrogen-bond acceptors (Lipinski definition) is 5. The summed E-state index contributed by atoms with van der Waals surface area (Å²) < 4.78 is 28.2. The Balaban J connectivity index is 4.14. The second kappa shape index (κ2) is 8.46. The number of nitrogens with one attached hydrogen (secondary N) is 1. The normalized spacial score (nSPS) is 13.8. The molecule has 0 bridgehead atoms. The molecule has 6 nitrogen and oxygen atoms in total. The molecule has 0 saturated heterocycles. The minimum Gasteiger partial charge on any atom is -0.444 e. The molecule has 0 spiro atoms. The first-order valence-corrected chi connectivity index (χ1v) is 8.70. The topological polar surface area (TPSA) is 92.7 Å². The maximum atomic E-state index is 11.6. The van der Waals surface area contributed by atoms with E-state index in [0.29, 0.717) is 12.8 Å². The van der Waals surface area contributed by atoms with E-state index in [1.165, 1.54) is 0 Å². The summed E-state index contributed by atoms with van der Waals surface area (Å²) >= 11 is 0. The third-order valence-electron chi connectivity index (χ3n) is 2.54. The van der Waals surface area contributed by atoms with Crippen molar-refractivity contribution in [3.05, 3.63) is 0 Å². The fourth-order valence-electron chi connectivity index (χ4n) is 1.56. The van der Waals surface area contributed by atoms with Gasteiger partial charge in [-0.15, -0.1) is 0 Å². The maximum absolute atomic E-state index is 11.6. The van der Waals surface area contributed by atoms with Crippen molar-refractivity contribution in [2.45, 2.75) is 46.1 Å². The number of alkyl carbamates (subject to hydrolysis) is 1. The summed E-state index contributed by atoms with van der Waals surface area (Å²) in [4.78, 5) is 11.4. The number of rotatable bonds is 8. The molecule has 0 aromatic carbocycles. The number of sulfone groups is 1. The van der Waals surface area contributed by atoms with E-state index in [2.05, 4.69) is 5.32 Å². The Morgan fingerprint density at radius 1 is 1.30 bits per heavy atom. The second-order valence-electron chi connectivity index (χ2n) is 5.87. The Labute approximate surface area is 121 Å². The van der Waals surface area contributed by atoms with Gasteiger partial charge in [0, 0.05) is 24.8 Å². The molecule has 2 N–H and O–H groups in total. The van der Waals surface area contributed by atoms with Crippen LogP contribution in [-0.2, 0) is 14.6 Å². The molecule has 1 atom stereocenters. The van der Waals surface area contributed by atoms with Crippen LogP contribution in [0.4, 0.5) is 4.79 Å². The zero-order valence-electron chi connectivity index (χ0n) is 12.8. The summed E-state index contributed by atoms with van der Waals surface area (Å²) in [5.41, 5.74) is -0.580. The molecule has 1 unspecified atom stereocenters. The van der Waals surface area contributed by atoms with Crippen LogP contribution in [0.3, 0.4) is 0 Å². The van der Waals surface area contributed by atoms with Gasteiger partial charge in [0.2, 0.25) is 0 Å². The number of ether oxygens (including phenoxy) is 1. The van der Waals surface area contributed by atoms with Crippen molar-refractivity contribution in [1.29, 1.82) is 0 Å². The van der Waals surface area contributed by atoms with Gasteiger partial charge in [0.15, 0.2) is 0 Å². The molecule has 0 aromatic heterocycles. The smallest absolute Gasteiger partial charge is 0.407 e. The van der Waals surface area contributed by atoms with Crippen LogP contribution in [0, 0.1) is 5.92 Å². The first-order valence-electron chi connectivity index (χ1n) is 6.87. The molecule has 0 aliphatic rings. The summed E-state index contributed by atoms with van der Waals surface area (Å²) in [6, 6.07) is 0. The molecule has 0 aromatic rings. The van der Waals surface area contributed by atoms with Crippen molar-refractivity contribution in [2.24, 2.45) is 5.92 Å². The van der Waals surface area contributed by atoms with E-state index >= 15 is 0 Å². The summed E-state index contributed by atoms with van der Waals surface area (Å²) in [6.07, 6.45) is 0.351. The van der Waals surface area contributed by atoms with E-state index in [9.17, 15) is 18.3 Å². The van der Waals surface area contributed by atoms with Crippen LogP contribution in [0.15, 0.2) is 0 Å². The second-order valence-corrected chi connectivity index (χ2v) is 8.18. The monoisotopic (exact) mass is 309 g/mol. The van der Waals surface area contributed by atoms with Crippen LogP contribution < -0.4 is 5.32 Å². The Hall–Kier alpha value is -0.820. The van der Waals surface area contributed by atoms with Gasteiger partial charge in [0.05, 0.1) is 5.75 Å². The minimum absolute atomic E-state index is 0.0298. The average molecular weight is 309 g/mol. The molecule has 0 rings (SSSR count). The van der Waals surface area contributed by atoms with Crippen molar-refractivity contribution in [2.75, 3.05) is 24.7 Å². The third-order valence-corrected chi connectivity index (χ3v) is 4.43. The van der Waals surface area contributed by atoms with Crippen LogP contribution in [-0.4, -0.2) is 49.9 Å². The predicted molar refractivity (Wildman–Crippen MR) is 78.4 cm³/mol. The lowest BCUT2D eigenvalue weighted by Crippen LogP contribution is -2.36. The van der Waals surface area contributed by atoms with Crippen molar-refractivity contribution in [3.8, 4) is 0 Å². The molecule has 20 heavy (non-hydrogen) atoms. The highest BCUT2D eigenvalue weighted by Gasteiger charge is 2.18. The van der Waals surface area contributed by atoms with E-state index in [1.807, 2.05) is 6.92 Å². The largest absolute Gasteiger partial charge is 0.444 e. The standard InChI is InChI=1S/C13H27NO5S/c1-5-7-20(17,18)8-6-11(10-15)9-14-12(16)19-13(2,3)4/h11,15H,5-10H2,1-4H3,(H,14,16). The molecule has 0 heterocycles. The molecule has 0 aliphatic heterocycles. The van der Waals surface area contributed by atoms with Crippen molar-refractivity contribution in [3.63, 3.8) is 0 Å².